The minimum absolute atomic E-state index is 0.241. The molecule has 0 radical (unpaired) electrons. The van der Waals surface area contributed by atoms with Gasteiger partial charge in [0.1, 0.15) is 18.0 Å². The van der Waals surface area contributed by atoms with Gasteiger partial charge >= 0.3 is 0 Å². The Morgan fingerprint density at radius 2 is 1.68 bits per heavy atom. The zero-order chi connectivity index (χ0) is 23.7. The molecule has 34 heavy (non-hydrogen) atoms. The van der Waals surface area contributed by atoms with Gasteiger partial charge in [-0.05, 0) is 54.6 Å². The van der Waals surface area contributed by atoms with E-state index in [0.29, 0.717) is 27.9 Å². The van der Waals surface area contributed by atoms with E-state index in [1.54, 1.807) is 42.5 Å². The van der Waals surface area contributed by atoms with Crippen molar-refractivity contribution in [1.82, 2.24) is 5.01 Å². The maximum Gasteiger partial charge on any atom is 0.263 e. The van der Waals surface area contributed by atoms with Crippen molar-refractivity contribution in [2.24, 2.45) is 10.3 Å². The van der Waals surface area contributed by atoms with E-state index in [2.05, 4.69) is 15.7 Å². The van der Waals surface area contributed by atoms with Crippen LogP contribution in [0.25, 0.3) is 0 Å². The fourth-order valence-electron chi connectivity index (χ4n) is 3.80. The van der Waals surface area contributed by atoms with Crippen LogP contribution in [0, 0.1) is 0 Å². The lowest BCUT2D eigenvalue weighted by Gasteiger charge is -2.20. The smallest absolute Gasteiger partial charge is 0.263 e. The van der Waals surface area contributed by atoms with Crippen LogP contribution in [0.4, 0.5) is 11.4 Å². The van der Waals surface area contributed by atoms with Gasteiger partial charge in [-0.3, -0.25) is 19.4 Å². The van der Waals surface area contributed by atoms with E-state index in [0.717, 1.165) is 4.90 Å². The van der Waals surface area contributed by atoms with Gasteiger partial charge in [-0.15, -0.1) is 0 Å². The van der Waals surface area contributed by atoms with Gasteiger partial charge in [-0.1, -0.05) is 41.1 Å². The van der Waals surface area contributed by atoms with Gasteiger partial charge in [-0.2, -0.15) is 5.11 Å². The lowest BCUT2D eigenvalue weighted by molar-refractivity contribution is -0.123. The van der Waals surface area contributed by atoms with Crippen LogP contribution < -0.4 is 15.0 Å². The number of carbonyl (C=O) groups is 3. The van der Waals surface area contributed by atoms with Crippen molar-refractivity contribution >= 4 is 40.7 Å². The molecule has 0 aromatic heterocycles. The number of para-hydroxylation sites is 1. The van der Waals surface area contributed by atoms with Gasteiger partial charge in [0.05, 0.1) is 5.69 Å². The number of hydrogen-bond acceptors (Lipinski definition) is 7. The van der Waals surface area contributed by atoms with Crippen LogP contribution in [-0.4, -0.2) is 41.4 Å². The standard InChI is InChI=1S/C24H18ClN5O4/c25-15-5-4-6-17(13-15)30-23(32)21-22(24(30)33)29(28-27-21)14-20(31)26-16-9-11-19(12-10-16)34-18-7-2-1-3-8-18/h1-13,21-22H,14H2,(H,26,31)/t21-,22+/m1/s1. The largest absolute Gasteiger partial charge is 0.457 e. The molecule has 0 aliphatic carbocycles. The molecule has 2 heterocycles. The van der Waals surface area contributed by atoms with Crippen LogP contribution in [0.5, 0.6) is 11.5 Å². The van der Waals surface area contributed by atoms with Crippen LogP contribution in [-0.2, 0) is 14.4 Å². The molecule has 5 rings (SSSR count). The Balaban J connectivity index is 1.22. The van der Waals surface area contributed by atoms with E-state index in [1.807, 2.05) is 30.3 Å². The minimum atomic E-state index is -0.992. The molecule has 10 heteroatoms. The molecule has 3 amide bonds. The van der Waals surface area contributed by atoms with Crippen LogP contribution in [0.15, 0.2) is 89.2 Å². The van der Waals surface area contributed by atoms with E-state index >= 15 is 0 Å². The average Bonchev–Trinajstić information content (AvgIpc) is 3.35. The van der Waals surface area contributed by atoms with Crippen molar-refractivity contribution < 1.29 is 19.1 Å². The second-order valence-corrected chi connectivity index (χ2v) is 8.11. The number of anilines is 2. The Hall–Kier alpha value is -4.24. The highest BCUT2D eigenvalue weighted by molar-refractivity contribution is 6.31. The molecule has 0 bridgehead atoms. The number of fused-ring (bicyclic) bond motifs is 1. The van der Waals surface area contributed by atoms with Gasteiger partial charge in [0.2, 0.25) is 5.91 Å². The van der Waals surface area contributed by atoms with Gasteiger partial charge in [0.25, 0.3) is 11.8 Å². The Morgan fingerprint density at radius 1 is 0.941 bits per heavy atom. The maximum atomic E-state index is 13.0. The number of halogens is 1. The summed E-state index contributed by atoms with van der Waals surface area (Å²) in [4.78, 5) is 39.4. The summed E-state index contributed by atoms with van der Waals surface area (Å²) in [6.45, 7) is -0.241. The number of rotatable bonds is 6. The number of nitrogens with zero attached hydrogens (tertiary/aromatic N) is 4. The van der Waals surface area contributed by atoms with Crippen LogP contribution in [0.1, 0.15) is 0 Å². The third-order valence-electron chi connectivity index (χ3n) is 5.35. The van der Waals surface area contributed by atoms with Gasteiger partial charge in [-0.25, -0.2) is 4.90 Å². The Bertz CT molecular complexity index is 1280. The van der Waals surface area contributed by atoms with Gasteiger partial charge < -0.3 is 10.1 Å². The summed E-state index contributed by atoms with van der Waals surface area (Å²) in [5, 5.41) is 12.2. The highest BCUT2D eigenvalue weighted by Gasteiger charge is 2.55. The number of carbonyl (C=O) groups excluding carboxylic acids is 3. The molecule has 2 aliphatic rings. The average molecular weight is 476 g/mol. The van der Waals surface area contributed by atoms with E-state index in [4.69, 9.17) is 16.3 Å². The Kier molecular flexibility index (Phi) is 5.69. The number of amides is 3. The zero-order valence-electron chi connectivity index (χ0n) is 17.7. The van der Waals surface area contributed by atoms with Crippen LogP contribution >= 0.6 is 11.6 Å². The first-order chi connectivity index (χ1) is 16.5. The molecule has 2 atom stereocenters. The number of benzene rings is 3. The molecule has 3 aromatic carbocycles. The van der Waals surface area contributed by atoms with Crippen molar-refractivity contribution in [2.75, 3.05) is 16.8 Å². The zero-order valence-corrected chi connectivity index (χ0v) is 18.4. The quantitative estimate of drug-likeness (QED) is 0.541. The molecule has 0 saturated carbocycles. The molecule has 170 valence electrons. The van der Waals surface area contributed by atoms with Crippen molar-refractivity contribution in [3.05, 3.63) is 83.9 Å². The Morgan fingerprint density at radius 3 is 2.41 bits per heavy atom. The van der Waals surface area contributed by atoms with E-state index < -0.39 is 29.8 Å². The fourth-order valence-corrected chi connectivity index (χ4v) is 3.99. The summed E-state index contributed by atoms with van der Waals surface area (Å²) in [6.07, 6.45) is 0. The van der Waals surface area contributed by atoms with Crippen molar-refractivity contribution in [2.45, 2.75) is 12.1 Å². The molecule has 0 spiro atoms. The van der Waals surface area contributed by atoms with Crippen molar-refractivity contribution in [3.8, 4) is 11.5 Å². The summed E-state index contributed by atoms with van der Waals surface area (Å²) >= 11 is 6.00. The fraction of sp³-hybridized carbons (Fsp3) is 0.125. The first-order valence-electron chi connectivity index (χ1n) is 10.4. The number of nitrogens with one attached hydrogen (secondary N) is 1. The molecule has 9 nitrogen and oxygen atoms in total. The van der Waals surface area contributed by atoms with Gasteiger partial charge in [0.15, 0.2) is 12.1 Å². The summed E-state index contributed by atoms with van der Waals surface area (Å²) in [5.41, 5.74) is 0.904. The number of hydrogen-bond donors (Lipinski definition) is 1. The molecular weight excluding hydrogens is 458 g/mol. The summed E-state index contributed by atoms with van der Waals surface area (Å²) in [7, 11) is 0. The number of imide groups is 1. The van der Waals surface area contributed by atoms with Crippen molar-refractivity contribution in [3.63, 3.8) is 0 Å². The maximum absolute atomic E-state index is 13.0. The molecule has 0 unspecified atom stereocenters. The first-order valence-corrected chi connectivity index (χ1v) is 10.8. The normalized spacial score (nSPS) is 18.9. The Labute approximate surface area is 199 Å². The molecule has 1 N–H and O–H groups in total. The van der Waals surface area contributed by atoms with Gasteiger partial charge in [0, 0.05) is 10.7 Å². The minimum Gasteiger partial charge on any atom is -0.457 e. The molecular formula is C24H18ClN5O4. The third-order valence-corrected chi connectivity index (χ3v) is 5.58. The summed E-state index contributed by atoms with van der Waals surface area (Å²) in [5.74, 6) is -0.0828. The second kappa shape index (κ2) is 8.95. The van der Waals surface area contributed by atoms with E-state index in [9.17, 15) is 14.4 Å². The molecule has 1 fully saturated rings. The summed E-state index contributed by atoms with van der Waals surface area (Å²) in [6, 6.07) is 20.7. The monoisotopic (exact) mass is 475 g/mol. The number of ether oxygens (including phenoxy) is 1. The van der Waals surface area contributed by atoms with E-state index in [-0.39, 0.29) is 6.54 Å². The molecule has 3 aromatic rings. The second-order valence-electron chi connectivity index (χ2n) is 7.67. The SMILES string of the molecule is O=C(CN1N=N[C@H]2C(=O)N(c3cccc(Cl)c3)C(=O)[C@H]21)Nc1ccc(Oc2ccccc2)cc1. The van der Waals surface area contributed by atoms with Crippen LogP contribution in [0.2, 0.25) is 5.02 Å². The highest BCUT2D eigenvalue weighted by atomic mass is 35.5. The summed E-state index contributed by atoms with van der Waals surface area (Å²) < 4.78 is 5.74. The van der Waals surface area contributed by atoms with Crippen molar-refractivity contribution in [1.29, 1.82) is 0 Å². The molecule has 2 aliphatic heterocycles. The predicted octanol–water partition coefficient (Wildman–Crippen LogP) is 4.06. The topological polar surface area (TPSA) is 104 Å². The lowest BCUT2D eigenvalue weighted by atomic mass is 10.1. The molecule has 1 saturated heterocycles. The lowest BCUT2D eigenvalue weighted by Crippen LogP contribution is -2.43. The van der Waals surface area contributed by atoms with E-state index in [1.165, 1.54) is 11.1 Å². The van der Waals surface area contributed by atoms with Crippen LogP contribution in [0.3, 0.4) is 0 Å². The highest BCUT2D eigenvalue weighted by Crippen LogP contribution is 2.32. The predicted molar refractivity (Wildman–Crippen MR) is 125 cm³/mol. The first kappa shape index (κ1) is 21.6. The third kappa shape index (κ3) is 4.20.